The summed E-state index contributed by atoms with van der Waals surface area (Å²) in [6.45, 7) is 2.25. The van der Waals surface area contributed by atoms with E-state index in [1.54, 1.807) is 0 Å². The number of amides is 3. The van der Waals surface area contributed by atoms with E-state index in [0.29, 0.717) is 13.1 Å². The lowest BCUT2D eigenvalue weighted by molar-refractivity contribution is -0.124. The van der Waals surface area contributed by atoms with Crippen molar-refractivity contribution in [2.24, 2.45) is 5.92 Å². The molecular weight excluding hydrogens is 294 g/mol. The largest absolute Gasteiger partial charge is 0.354 e. The molecule has 0 radical (unpaired) electrons. The van der Waals surface area contributed by atoms with Crippen LogP contribution in [-0.2, 0) is 14.4 Å². The van der Waals surface area contributed by atoms with Gasteiger partial charge in [0.25, 0.3) is 0 Å². The minimum Gasteiger partial charge on any atom is -0.354 e. The maximum atomic E-state index is 12.0. The molecule has 6 nitrogen and oxygen atoms in total. The van der Waals surface area contributed by atoms with Gasteiger partial charge >= 0.3 is 0 Å². The first-order valence-electron chi connectivity index (χ1n) is 7.92. The van der Waals surface area contributed by atoms with E-state index in [9.17, 15) is 14.4 Å². The Balaban J connectivity index is 1.75. The Hall–Kier alpha value is -2.37. The van der Waals surface area contributed by atoms with Gasteiger partial charge in [-0.05, 0) is 18.4 Å². The molecule has 124 valence electrons. The molecule has 3 amide bonds. The highest BCUT2D eigenvalue weighted by Crippen LogP contribution is 2.28. The van der Waals surface area contributed by atoms with Crippen molar-refractivity contribution in [2.45, 2.75) is 32.2 Å². The predicted molar refractivity (Wildman–Crippen MR) is 86.4 cm³/mol. The summed E-state index contributed by atoms with van der Waals surface area (Å²) in [5.74, 6) is -0.0933. The minimum atomic E-state index is -0.352. The standard InChI is InChI=1S/C17H23N3O3/c1-12(21)20-15(13-5-3-2-4-6-13)11-16(22)18-9-10-19-17(23)14-7-8-14/h2-6,14-15H,7-11H2,1H3,(H,18,22)(H,19,23)(H,20,21). The average molecular weight is 317 g/mol. The van der Waals surface area contributed by atoms with Gasteiger partial charge in [0, 0.05) is 25.9 Å². The van der Waals surface area contributed by atoms with Crippen LogP contribution in [0.3, 0.4) is 0 Å². The van der Waals surface area contributed by atoms with E-state index in [4.69, 9.17) is 0 Å². The summed E-state index contributed by atoms with van der Waals surface area (Å²) in [5.41, 5.74) is 0.889. The molecule has 0 bridgehead atoms. The fourth-order valence-corrected chi connectivity index (χ4v) is 2.32. The lowest BCUT2D eigenvalue weighted by atomic mass is 10.0. The molecule has 23 heavy (non-hydrogen) atoms. The maximum Gasteiger partial charge on any atom is 0.223 e. The van der Waals surface area contributed by atoms with Crippen LogP contribution in [0.1, 0.15) is 37.8 Å². The van der Waals surface area contributed by atoms with Crippen LogP contribution in [0.25, 0.3) is 0 Å². The highest BCUT2D eigenvalue weighted by molar-refractivity contribution is 5.81. The molecular formula is C17H23N3O3. The molecule has 0 spiro atoms. The maximum absolute atomic E-state index is 12.0. The summed E-state index contributed by atoms with van der Waals surface area (Å²) < 4.78 is 0. The first kappa shape index (κ1) is 17.0. The van der Waals surface area contributed by atoms with Crippen LogP contribution in [0, 0.1) is 5.92 Å². The summed E-state index contributed by atoms with van der Waals surface area (Å²) >= 11 is 0. The quantitative estimate of drug-likeness (QED) is 0.623. The summed E-state index contributed by atoms with van der Waals surface area (Å²) in [6, 6.07) is 9.03. The smallest absolute Gasteiger partial charge is 0.223 e. The molecule has 2 rings (SSSR count). The van der Waals surface area contributed by atoms with Crippen molar-refractivity contribution in [2.75, 3.05) is 13.1 Å². The zero-order valence-electron chi connectivity index (χ0n) is 13.3. The van der Waals surface area contributed by atoms with Gasteiger partial charge in [-0.25, -0.2) is 0 Å². The summed E-state index contributed by atoms with van der Waals surface area (Å²) in [4.78, 5) is 34.8. The number of carbonyl (C=O) groups excluding carboxylic acids is 3. The molecule has 3 N–H and O–H groups in total. The van der Waals surface area contributed by atoms with Crippen molar-refractivity contribution in [3.63, 3.8) is 0 Å². The SMILES string of the molecule is CC(=O)NC(CC(=O)NCCNC(=O)C1CC1)c1ccccc1. The van der Waals surface area contributed by atoms with Crippen LogP contribution in [0.4, 0.5) is 0 Å². The molecule has 1 unspecified atom stereocenters. The molecule has 1 aromatic rings. The molecule has 1 aliphatic rings. The van der Waals surface area contributed by atoms with E-state index >= 15 is 0 Å². The van der Waals surface area contributed by atoms with E-state index in [0.717, 1.165) is 18.4 Å². The van der Waals surface area contributed by atoms with Crippen molar-refractivity contribution >= 4 is 17.7 Å². The van der Waals surface area contributed by atoms with Gasteiger partial charge in [-0.2, -0.15) is 0 Å². The zero-order valence-corrected chi connectivity index (χ0v) is 13.3. The van der Waals surface area contributed by atoms with Gasteiger partial charge in [0.05, 0.1) is 12.5 Å². The molecule has 1 aromatic carbocycles. The molecule has 1 fully saturated rings. The predicted octanol–water partition coefficient (Wildman–Crippen LogP) is 0.896. The van der Waals surface area contributed by atoms with Crippen LogP contribution >= 0.6 is 0 Å². The van der Waals surface area contributed by atoms with Crippen LogP contribution in [0.2, 0.25) is 0 Å². The van der Waals surface area contributed by atoms with Crippen molar-refractivity contribution in [3.05, 3.63) is 35.9 Å². The van der Waals surface area contributed by atoms with E-state index in [-0.39, 0.29) is 36.1 Å². The number of hydrogen-bond donors (Lipinski definition) is 3. The van der Waals surface area contributed by atoms with Crippen LogP contribution in [-0.4, -0.2) is 30.8 Å². The molecule has 1 aliphatic carbocycles. The Labute approximate surface area is 136 Å². The van der Waals surface area contributed by atoms with E-state index < -0.39 is 0 Å². The summed E-state index contributed by atoms with van der Waals surface area (Å²) in [5, 5.41) is 8.35. The lowest BCUT2D eigenvalue weighted by Crippen LogP contribution is -2.37. The second-order valence-electron chi connectivity index (χ2n) is 5.78. The molecule has 0 aromatic heterocycles. The van der Waals surface area contributed by atoms with Crippen molar-refractivity contribution in [1.29, 1.82) is 0 Å². The zero-order chi connectivity index (χ0) is 16.7. The number of hydrogen-bond acceptors (Lipinski definition) is 3. The molecule has 1 saturated carbocycles. The third-order valence-electron chi connectivity index (χ3n) is 3.66. The fourth-order valence-electron chi connectivity index (χ4n) is 2.32. The third-order valence-corrected chi connectivity index (χ3v) is 3.66. The third kappa shape index (κ3) is 6.10. The van der Waals surface area contributed by atoms with Gasteiger partial charge in [0.2, 0.25) is 17.7 Å². The van der Waals surface area contributed by atoms with Gasteiger partial charge in [-0.1, -0.05) is 30.3 Å². The van der Waals surface area contributed by atoms with E-state index in [1.165, 1.54) is 6.92 Å². The van der Waals surface area contributed by atoms with E-state index in [1.807, 2.05) is 30.3 Å². The second kappa shape index (κ2) is 8.31. The number of nitrogens with one attached hydrogen (secondary N) is 3. The first-order chi connectivity index (χ1) is 11.1. The molecule has 0 saturated heterocycles. The average Bonchev–Trinajstić information content (AvgIpc) is 3.36. The lowest BCUT2D eigenvalue weighted by Gasteiger charge is -2.18. The molecule has 1 atom stereocenters. The van der Waals surface area contributed by atoms with Gasteiger partial charge in [-0.15, -0.1) is 0 Å². The normalized spacial score (nSPS) is 14.7. The topological polar surface area (TPSA) is 87.3 Å². The fraction of sp³-hybridized carbons (Fsp3) is 0.471. The number of rotatable bonds is 8. The first-order valence-corrected chi connectivity index (χ1v) is 7.92. The van der Waals surface area contributed by atoms with E-state index in [2.05, 4.69) is 16.0 Å². The number of benzene rings is 1. The van der Waals surface area contributed by atoms with Gasteiger partial charge in [-0.3, -0.25) is 14.4 Å². The Bertz CT molecular complexity index is 555. The Kier molecular flexibility index (Phi) is 6.14. The molecule has 0 heterocycles. The summed E-state index contributed by atoms with van der Waals surface area (Å²) in [6.07, 6.45) is 2.10. The second-order valence-corrected chi connectivity index (χ2v) is 5.78. The highest BCUT2D eigenvalue weighted by atomic mass is 16.2. The van der Waals surface area contributed by atoms with Gasteiger partial charge in [0.15, 0.2) is 0 Å². The van der Waals surface area contributed by atoms with Gasteiger partial charge < -0.3 is 16.0 Å². The Morgan fingerprint density at radius 2 is 1.74 bits per heavy atom. The van der Waals surface area contributed by atoms with Crippen molar-refractivity contribution in [3.8, 4) is 0 Å². The molecule has 0 aliphatic heterocycles. The van der Waals surface area contributed by atoms with Gasteiger partial charge in [0.1, 0.15) is 0 Å². The number of carbonyl (C=O) groups is 3. The Morgan fingerprint density at radius 1 is 1.09 bits per heavy atom. The van der Waals surface area contributed by atoms with Crippen LogP contribution in [0.5, 0.6) is 0 Å². The highest BCUT2D eigenvalue weighted by Gasteiger charge is 2.29. The monoisotopic (exact) mass is 317 g/mol. The summed E-state index contributed by atoms with van der Waals surface area (Å²) in [7, 11) is 0. The minimum absolute atomic E-state index is 0.0691. The van der Waals surface area contributed by atoms with Crippen LogP contribution in [0.15, 0.2) is 30.3 Å². The van der Waals surface area contributed by atoms with Crippen LogP contribution < -0.4 is 16.0 Å². The Morgan fingerprint density at radius 3 is 2.35 bits per heavy atom. The molecule has 6 heteroatoms. The van der Waals surface area contributed by atoms with Crippen molar-refractivity contribution < 1.29 is 14.4 Å². The van der Waals surface area contributed by atoms with Crippen molar-refractivity contribution in [1.82, 2.24) is 16.0 Å².